The Morgan fingerprint density at radius 3 is 2.37 bits per heavy atom. The number of ether oxygens (including phenoxy) is 1. The number of anilines is 1. The van der Waals surface area contributed by atoms with E-state index in [1.165, 1.54) is 17.7 Å². The Morgan fingerprint density at radius 1 is 1.02 bits per heavy atom. The van der Waals surface area contributed by atoms with E-state index in [0.29, 0.717) is 34.6 Å². The summed E-state index contributed by atoms with van der Waals surface area (Å²) >= 11 is 0. The molecule has 0 aliphatic heterocycles. The van der Waals surface area contributed by atoms with E-state index in [-0.39, 0.29) is 12.0 Å². The van der Waals surface area contributed by atoms with Crippen molar-refractivity contribution in [3.8, 4) is 11.1 Å². The number of halogens is 5. The quantitative estimate of drug-likeness (QED) is 0.165. The molecule has 0 bridgehead atoms. The molecule has 3 heterocycles. The van der Waals surface area contributed by atoms with Crippen molar-refractivity contribution in [2.75, 3.05) is 12.4 Å². The number of benzene rings is 2. The molecule has 2 N–H and O–H groups in total. The monoisotopic (exact) mass is 641 g/mol. The lowest BCUT2D eigenvalue weighted by Crippen LogP contribution is -2.44. The number of nitrogens with zero attached hydrogens (tertiary/aromatic N) is 3. The SMILES string of the molecule is CC[C@@H](Nc1cc(F)c(C(=O)N[C@@H](Cc2ccc(-c3cc4ccccc4n(C)c3=O)c3nccn23)C(=O)OC)c(F)c1)C(F)(F)F. The van der Waals surface area contributed by atoms with Gasteiger partial charge in [-0.15, -0.1) is 0 Å². The zero-order valence-electron chi connectivity index (χ0n) is 24.8. The molecule has 2 aromatic carbocycles. The summed E-state index contributed by atoms with van der Waals surface area (Å²) in [5.74, 6) is -5.11. The van der Waals surface area contributed by atoms with Crippen LogP contribution < -0.4 is 16.2 Å². The number of nitrogens with one attached hydrogen (secondary N) is 2. The van der Waals surface area contributed by atoms with E-state index in [0.717, 1.165) is 18.0 Å². The van der Waals surface area contributed by atoms with Crippen LogP contribution in [0.4, 0.5) is 27.6 Å². The number of para-hydroxylation sites is 1. The summed E-state index contributed by atoms with van der Waals surface area (Å²) < 4.78 is 77.2. The minimum Gasteiger partial charge on any atom is -0.467 e. The number of fused-ring (bicyclic) bond motifs is 2. The summed E-state index contributed by atoms with van der Waals surface area (Å²) in [5.41, 5.74) is 0.587. The molecular formula is C32H28F5N5O4. The normalized spacial score (nSPS) is 13.0. The van der Waals surface area contributed by atoms with Gasteiger partial charge in [0.05, 0.1) is 18.2 Å². The number of hydrogen-bond donors (Lipinski definition) is 2. The van der Waals surface area contributed by atoms with Crippen LogP contribution in [0.5, 0.6) is 0 Å². The zero-order valence-corrected chi connectivity index (χ0v) is 24.8. The molecule has 5 aromatic rings. The Morgan fingerprint density at radius 2 is 1.72 bits per heavy atom. The fourth-order valence-corrected chi connectivity index (χ4v) is 5.33. The van der Waals surface area contributed by atoms with E-state index in [4.69, 9.17) is 4.74 Å². The number of carbonyl (C=O) groups is 2. The maximum atomic E-state index is 14.9. The maximum Gasteiger partial charge on any atom is 0.408 e. The zero-order chi connectivity index (χ0) is 33.3. The van der Waals surface area contributed by atoms with Crippen LogP contribution in [0.3, 0.4) is 0 Å². The van der Waals surface area contributed by atoms with Gasteiger partial charge in [-0.2, -0.15) is 13.2 Å². The Bertz CT molecular complexity index is 2000. The largest absolute Gasteiger partial charge is 0.467 e. The number of pyridine rings is 2. The summed E-state index contributed by atoms with van der Waals surface area (Å²) in [6.45, 7) is 1.25. The van der Waals surface area contributed by atoms with E-state index in [1.54, 1.807) is 35.8 Å². The molecule has 1 amide bonds. The highest BCUT2D eigenvalue weighted by Gasteiger charge is 2.38. The lowest BCUT2D eigenvalue weighted by molar-refractivity contribution is -0.143. The van der Waals surface area contributed by atoms with Gasteiger partial charge in [-0.1, -0.05) is 25.1 Å². The van der Waals surface area contributed by atoms with Gasteiger partial charge in [-0.25, -0.2) is 18.6 Å². The predicted molar refractivity (Wildman–Crippen MR) is 160 cm³/mol. The van der Waals surface area contributed by atoms with Crippen molar-refractivity contribution >= 4 is 34.1 Å². The molecule has 0 saturated carbocycles. The highest BCUT2D eigenvalue weighted by Crippen LogP contribution is 2.28. The van der Waals surface area contributed by atoms with Crippen molar-refractivity contribution in [3.05, 3.63) is 100 Å². The molecular weight excluding hydrogens is 613 g/mol. The molecule has 46 heavy (non-hydrogen) atoms. The lowest BCUT2D eigenvalue weighted by atomic mass is 10.0. The first kappa shape index (κ1) is 32.1. The Hall–Kier alpha value is -5.27. The van der Waals surface area contributed by atoms with E-state index in [1.807, 2.05) is 29.6 Å². The van der Waals surface area contributed by atoms with E-state index in [2.05, 4.69) is 10.3 Å². The van der Waals surface area contributed by atoms with Gasteiger partial charge in [0.2, 0.25) is 0 Å². The van der Waals surface area contributed by atoms with Crippen LogP contribution in [-0.4, -0.2) is 51.2 Å². The number of carbonyl (C=O) groups excluding carboxylic acids is 2. The predicted octanol–water partition coefficient (Wildman–Crippen LogP) is 5.40. The molecule has 3 aromatic heterocycles. The fourth-order valence-electron chi connectivity index (χ4n) is 5.33. The molecule has 0 radical (unpaired) electrons. The first-order valence-electron chi connectivity index (χ1n) is 14.1. The van der Waals surface area contributed by atoms with Gasteiger partial charge < -0.3 is 24.3 Å². The number of aromatic nitrogens is 3. The summed E-state index contributed by atoms with van der Waals surface area (Å²) in [7, 11) is 2.73. The average molecular weight is 642 g/mol. The van der Waals surface area contributed by atoms with E-state index >= 15 is 0 Å². The van der Waals surface area contributed by atoms with Crippen molar-refractivity contribution in [2.45, 2.75) is 38.0 Å². The maximum absolute atomic E-state index is 14.9. The van der Waals surface area contributed by atoms with Gasteiger partial charge in [0.1, 0.15) is 34.9 Å². The van der Waals surface area contributed by atoms with Gasteiger partial charge in [-0.3, -0.25) is 9.59 Å². The minimum atomic E-state index is -4.67. The number of methoxy groups -OCH3 is 1. The first-order chi connectivity index (χ1) is 21.8. The molecule has 0 unspecified atom stereocenters. The second kappa shape index (κ2) is 12.6. The van der Waals surface area contributed by atoms with Crippen LogP contribution >= 0.6 is 0 Å². The third kappa shape index (κ3) is 6.14. The van der Waals surface area contributed by atoms with E-state index in [9.17, 15) is 36.3 Å². The molecule has 0 fully saturated rings. The fraction of sp³-hybridized carbons (Fsp3) is 0.250. The summed E-state index contributed by atoms with van der Waals surface area (Å²) in [6.07, 6.45) is -2.21. The van der Waals surface area contributed by atoms with Crippen molar-refractivity contribution in [1.82, 2.24) is 19.3 Å². The van der Waals surface area contributed by atoms with Crippen molar-refractivity contribution < 1.29 is 36.3 Å². The summed E-state index contributed by atoms with van der Waals surface area (Å²) in [4.78, 5) is 43.4. The molecule has 0 saturated heterocycles. The van der Waals surface area contributed by atoms with Crippen LogP contribution in [0, 0.1) is 11.6 Å². The molecule has 2 atom stereocenters. The Kier molecular flexibility index (Phi) is 8.81. The van der Waals surface area contributed by atoms with Gasteiger partial charge in [0.15, 0.2) is 0 Å². The van der Waals surface area contributed by atoms with Crippen LogP contribution in [0.15, 0.2) is 71.8 Å². The molecule has 5 rings (SSSR count). The Labute approximate surface area is 258 Å². The lowest BCUT2D eigenvalue weighted by Gasteiger charge is -2.22. The van der Waals surface area contributed by atoms with Crippen molar-refractivity contribution in [3.63, 3.8) is 0 Å². The van der Waals surface area contributed by atoms with Gasteiger partial charge >= 0.3 is 12.1 Å². The Balaban J connectivity index is 1.44. The third-order valence-electron chi connectivity index (χ3n) is 7.67. The van der Waals surface area contributed by atoms with Crippen LogP contribution in [0.1, 0.15) is 29.4 Å². The summed E-state index contributed by atoms with van der Waals surface area (Å²) in [6, 6.07) is 10.1. The molecule has 9 nitrogen and oxygen atoms in total. The van der Waals surface area contributed by atoms with Crippen molar-refractivity contribution in [2.24, 2.45) is 7.05 Å². The van der Waals surface area contributed by atoms with Gasteiger partial charge in [0.25, 0.3) is 11.5 Å². The number of hydrogen-bond acceptors (Lipinski definition) is 6. The molecule has 14 heteroatoms. The molecule has 0 aliphatic rings. The van der Waals surface area contributed by atoms with Crippen LogP contribution in [0.25, 0.3) is 27.7 Å². The molecule has 0 aliphatic carbocycles. The standard InChI is InChI=1S/C32H28F5N5O4/c1-4-26(32(35,36)37)39-18-14-22(33)27(23(34)15-18)29(43)40-24(31(45)46-3)16-19-9-10-20(28-38-11-12-42(19)28)21-13-17-7-5-6-8-25(17)41(2)30(21)44/h5-15,24,26,39H,4,16H2,1-3H3,(H,40,43)/t24-,26+/m0/s1. The number of rotatable bonds is 9. The molecule has 0 spiro atoms. The number of amides is 1. The number of aryl methyl sites for hydroxylation is 1. The number of imidazole rings is 1. The second-order valence-electron chi connectivity index (χ2n) is 10.6. The van der Waals surface area contributed by atoms with Crippen molar-refractivity contribution in [1.29, 1.82) is 0 Å². The highest BCUT2D eigenvalue weighted by atomic mass is 19.4. The smallest absolute Gasteiger partial charge is 0.408 e. The summed E-state index contributed by atoms with van der Waals surface area (Å²) in [5, 5.41) is 5.12. The number of esters is 1. The minimum absolute atomic E-state index is 0.214. The highest BCUT2D eigenvalue weighted by molar-refractivity contribution is 5.97. The number of alkyl halides is 3. The van der Waals surface area contributed by atoms with E-state index < -0.39 is 59.4 Å². The van der Waals surface area contributed by atoms with Gasteiger partial charge in [0, 0.05) is 42.8 Å². The average Bonchev–Trinajstić information content (AvgIpc) is 3.51. The third-order valence-corrected chi connectivity index (χ3v) is 7.67. The topological polar surface area (TPSA) is 107 Å². The second-order valence-corrected chi connectivity index (χ2v) is 10.6. The van der Waals surface area contributed by atoms with Gasteiger partial charge in [-0.05, 0) is 48.2 Å². The van der Waals surface area contributed by atoms with Crippen LogP contribution in [0.2, 0.25) is 0 Å². The first-order valence-corrected chi connectivity index (χ1v) is 14.1. The van der Waals surface area contributed by atoms with Crippen LogP contribution in [-0.2, 0) is 23.0 Å². The molecule has 240 valence electrons.